The van der Waals surface area contributed by atoms with Crippen LogP contribution in [0.5, 0.6) is 0 Å². The Morgan fingerprint density at radius 3 is 3.00 bits per heavy atom. The molecule has 0 saturated carbocycles. The molecule has 1 aliphatic heterocycles. The van der Waals surface area contributed by atoms with Gasteiger partial charge >= 0.3 is 0 Å². The van der Waals surface area contributed by atoms with Crippen LogP contribution >= 0.6 is 11.3 Å². The highest BCUT2D eigenvalue weighted by atomic mass is 32.1. The summed E-state index contributed by atoms with van der Waals surface area (Å²) in [6.45, 7) is 1.52. The van der Waals surface area contributed by atoms with Crippen molar-refractivity contribution in [3.8, 4) is 6.07 Å². The molecule has 1 fully saturated rings. The summed E-state index contributed by atoms with van der Waals surface area (Å²) in [5.74, 6) is 0.592. The molecule has 126 valence electrons. The van der Waals surface area contributed by atoms with Crippen LogP contribution in [0.4, 0.5) is 5.82 Å². The zero-order chi connectivity index (χ0) is 17.2. The number of thiazole rings is 1. The second-order valence-corrected chi connectivity index (χ2v) is 6.81. The molecule has 7 nitrogen and oxygen atoms in total. The summed E-state index contributed by atoms with van der Waals surface area (Å²) in [5, 5.41) is 14.2. The van der Waals surface area contributed by atoms with Crippen LogP contribution in [0.3, 0.4) is 0 Å². The molecule has 0 aliphatic carbocycles. The van der Waals surface area contributed by atoms with Gasteiger partial charge in [0.1, 0.15) is 17.6 Å². The SMILES string of the molecule is N#Cc1cccnc1N1CCC(NC(=O)c2cn3ccsc3n2)CC1. The lowest BCUT2D eigenvalue weighted by molar-refractivity contribution is 0.0926. The lowest BCUT2D eigenvalue weighted by Crippen LogP contribution is -2.45. The molecule has 0 aromatic carbocycles. The first kappa shape index (κ1) is 15.6. The maximum atomic E-state index is 12.4. The number of rotatable bonds is 3. The lowest BCUT2D eigenvalue weighted by Gasteiger charge is -2.33. The molecule has 3 aromatic rings. The fraction of sp³-hybridized carbons (Fsp3) is 0.294. The monoisotopic (exact) mass is 352 g/mol. The predicted octanol–water partition coefficient (Wildman–Crippen LogP) is 2.06. The zero-order valence-electron chi connectivity index (χ0n) is 13.4. The topological polar surface area (TPSA) is 86.3 Å². The molecular weight excluding hydrogens is 336 g/mol. The fourth-order valence-corrected chi connectivity index (χ4v) is 3.77. The van der Waals surface area contributed by atoms with Gasteiger partial charge in [-0.05, 0) is 25.0 Å². The zero-order valence-corrected chi connectivity index (χ0v) is 14.2. The number of fused-ring (bicyclic) bond motifs is 1. The molecule has 0 unspecified atom stereocenters. The Hall–Kier alpha value is -2.92. The van der Waals surface area contributed by atoms with Crippen LogP contribution in [-0.2, 0) is 0 Å². The number of nitrogens with zero attached hydrogens (tertiary/aromatic N) is 5. The van der Waals surface area contributed by atoms with Gasteiger partial charge in [0.2, 0.25) is 0 Å². The minimum Gasteiger partial charge on any atom is -0.355 e. The average molecular weight is 352 g/mol. The molecule has 1 N–H and O–H groups in total. The second kappa shape index (κ2) is 6.53. The van der Waals surface area contributed by atoms with E-state index in [1.165, 1.54) is 11.3 Å². The fourth-order valence-electron chi connectivity index (χ4n) is 3.07. The second-order valence-electron chi connectivity index (χ2n) is 5.94. The first-order valence-corrected chi connectivity index (χ1v) is 8.95. The number of amides is 1. The highest BCUT2D eigenvalue weighted by molar-refractivity contribution is 7.15. The normalized spacial score (nSPS) is 15.2. The lowest BCUT2D eigenvalue weighted by atomic mass is 10.0. The number of piperidine rings is 1. The number of aromatic nitrogens is 3. The number of carbonyl (C=O) groups excluding carboxylic acids is 1. The Bertz CT molecular complexity index is 919. The largest absolute Gasteiger partial charge is 0.355 e. The molecule has 25 heavy (non-hydrogen) atoms. The Balaban J connectivity index is 1.38. The van der Waals surface area contributed by atoms with Gasteiger partial charge in [-0.25, -0.2) is 9.97 Å². The van der Waals surface area contributed by atoms with Crippen LogP contribution in [0.2, 0.25) is 0 Å². The first-order valence-electron chi connectivity index (χ1n) is 8.08. The van der Waals surface area contributed by atoms with Crippen molar-refractivity contribution in [2.24, 2.45) is 0 Å². The minimum absolute atomic E-state index is 0.109. The van der Waals surface area contributed by atoms with Gasteiger partial charge in [-0.15, -0.1) is 11.3 Å². The van der Waals surface area contributed by atoms with Gasteiger partial charge < -0.3 is 10.2 Å². The number of hydrogen-bond donors (Lipinski definition) is 1. The van der Waals surface area contributed by atoms with Crippen LogP contribution < -0.4 is 10.2 Å². The number of hydrogen-bond acceptors (Lipinski definition) is 6. The summed E-state index contributed by atoms with van der Waals surface area (Å²) in [4.78, 5) is 24.0. The molecular formula is C17H16N6OS. The molecule has 4 heterocycles. The van der Waals surface area contributed by atoms with E-state index < -0.39 is 0 Å². The van der Waals surface area contributed by atoms with Crippen molar-refractivity contribution in [1.82, 2.24) is 19.7 Å². The van der Waals surface area contributed by atoms with Crippen molar-refractivity contribution >= 4 is 28.0 Å². The molecule has 1 amide bonds. The summed E-state index contributed by atoms with van der Waals surface area (Å²) >= 11 is 1.50. The number of nitriles is 1. The van der Waals surface area contributed by atoms with E-state index in [-0.39, 0.29) is 11.9 Å². The Morgan fingerprint density at radius 2 is 2.24 bits per heavy atom. The highest BCUT2D eigenvalue weighted by Crippen LogP contribution is 2.21. The van der Waals surface area contributed by atoms with Crippen LogP contribution in [-0.4, -0.2) is 39.4 Å². The summed E-state index contributed by atoms with van der Waals surface area (Å²) in [6, 6.07) is 5.84. The van der Waals surface area contributed by atoms with E-state index in [4.69, 9.17) is 0 Å². The van der Waals surface area contributed by atoms with Gasteiger partial charge in [0.15, 0.2) is 4.96 Å². The van der Waals surface area contributed by atoms with E-state index in [1.807, 2.05) is 16.0 Å². The summed E-state index contributed by atoms with van der Waals surface area (Å²) < 4.78 is 1.85. The number of pyridine rings is 1. The van der Waals surface area contributed by atoms with Crippen molar-refractivity contribution in [3.05, 3.63) is 47.4 Å². The van der Waals surface area contributed by atoms with Crippen LogP contribution in [0.25, 0.3) is 4.96 Å². The third-order valence-electron chi connectivity index (χ3n) is 4.36. The van der Waals surface area contributed by atoms with E-state index in [0.717, 1.165) is 36.7 Å². The molecule has 1 aliphatic rings. The van der Waals surface area contributed by atoms with Crippen molar-refractivity contribution in [2.75, 3.05) is 18.0 Å². The van der Waals surface area contributed by atoms with E-state index in [9.17, 15) is 10.1 Å². The molecule has 0 atom stereocenters. The maximum Gasteiger partial charge on any atom is 0.271 e. The van der Waals surface area contributed by atoms with Gasteiger partial charge in [-0.3, -0.25) is 9.20 Å². The average Bonchev–Trinajstić information content (AvgIpc) is 3.24. The third kappa shape index (κ3) is 3.06. The number of carbonyl (C=O) groups is 1. The van der Waals surface area contributed by atoms with E-state index in [0.29, 0.717) is 11.3 Å². The minimum atomic E-state index is -0.134. The molecule has 0 radical (unpaired) electrons. The smallest absolute Gasteiger partial charge is 0.271 e. The van der Waals surface area contributed by atoms with Crippen LogP contribution in [0.15, 0.2) is 36.1 Å². The number of anilines is 1. The Labute approximate surface area is 148 Å². The van der Waals surface area contributed by atoms with E-state index in [1.54, 1.807) is 24.5 Å². The molecule has 0 bridgehead atoms. The molecule has 8 heteroatoms. The predicted molar refractivity (Wildman–Crippen MR) is 94.7 cm³/mol. The molecule has 1 saturated heterocycles. The Kier molecular flexibility index (Phi) is 4.07. The first-order chi connectivity index (χ1) is 12.2. The molecule has 3 aromatic heterocycles. The quantitative estimate of drug-likeness (QED) is 0.780. The van der Waals surface area contributed by atoms with Crippen molar-refractivity contribution in [1.29, 1.82) is 5.26 Å². The van der Waals surface area contributed by atoms with Gasteiger partial charge in [0.05, 0.1) is 5.56 Å². The number of nitrogens with one attached hydrogen (secondary N) is 1. The molecule has 0 spiro atoms. The van der Waals surface area contributed by atoms with Crippen LogP contribution in [0, 0.1) is 11.3 Å². The van der Waals surface area contributed by atoms with E-state index >= 15 is 0 Å². The van der Waals surface area contributed by atoms with Crippen molar-refractivity contribution < 1.29 is 4.79 Å². The maximum absolute atomic E-state index is 12.4. The number of imidazole rings is 1. The van der Waals surface area contributed by atoms with Gasteiger partial charge in [-0.1, -0.05) is 0 Å². The summed E-state index contributed by atoms with van der Waals surface area (Å²) in [5.41, 5.74) is 1.04. The highest BCUT2D eigenvalue weighted by Gasteiger charge is 2.24. The van der Waals surface area contributed by atoms with Gasteiger partial charge in [0.25, 0.3) is 5.91 Å². The third-order valence-corrected chi connectivity index (χ3v) is 5.13. The summed E-state index contributed by atoms with van der Waals surface area (Å²) in [7, 11) is 0. The standard InChI is InChI=1S/C17H16N6OS/c18-10-12-2-1-5-19-15(12)22-6-3-13(4-7-22)20-16(24)14-11-23-8-9-25-17(23)21-14/h1-2,5,8-9,11,13H,3-4,6-7H2,(H,20,24). The van der Waals surface area contributed by atoms with Crippen molar-refractivity contribution in [2.45, 2.75) is 18.9 Å². The van der Waals surface area contributed by atoms with Gasteiger partial charge in [0, 0.05) is 43.1 Å². The Morgan fingerprint density at radius 1 is 1.40 bits per heavy atom. The van der Waals surface area contributed by atoms with E-state index in [2.05, 4.69) is 26.3 Å². The summed E-state index contributed by atoms with van der Waals surface area (Å²) in [6.07, 6.45) is 6.98. The van der Waals surface area contributed by atoms with Gasteiger partial charge in [-0.2, -0.15) is 5.26 Å². The molecule has 4 rings (SSSR count). The van der Waals surface area contributed by atoms with Crippen LogP contribution in [0.1, 0.15) is 28.9 Å². The van der Waals surface area contributed by atoms with Crippen molar-refractivity contribution in [3.63, 3.8) is 0 Å².